The minimum Gasteiger partial charge on any atom is -0.490 e. The monoisotopic (exact) mass is 656 g/mol. The molecule has 0 bridgehead atoms. The normalized spacial score (nSPS) is 20.3. The van der Waals surface area contributed by atoms with Crippen LogP contribution in [0.1, 0.15) is 60.3 Å². The molecular weight excluding hydrogens is 614 g/mol. The van der Waals surface area contributed by atoms with E-state index in [0.717, 1.165) is 64.7 Å². The summed E-state index contributed by atoms with van der Waals surface area (Å²) in [6, 6.07) is 10.5. The number of likely N-dealkylation sites (N-methyl/N-ethyl adjacent to an activating group) is 2. The van der Waals surface area contributed by atoms with E-state index in [9.17, 15) is 9.18 Å². The zero-order chi connectivity index (χ0) is 33.7. The topological polar surface area (TPSA) is 93.5 Å². The van der Waals surface area contributed by atoms with E-state index in [0.29, 0.717) is 36.3 Å². The van der Waals surface area contributed by atoms with E-state index in [1.807, 2.05) is 17.8 Å². The second-order valence-electron chi connectivity index (χ2n) is 13.2. The maximum Gasteiger partial charge on any atom is 0.237 e. The van der Waals surface area contributed by atoms with Crippen molar-refractivity contribution >= 4 is 5.91 Å². The highest BCUT2D eigenvalue weighted by molar-refractivity contribution is 5.89. The molecule has 2 aliphatic heterocycles. The molecule has 2 aromatic heterocycles. The molecule has 48 heavy (non-hydrogen) atoms. The van der Waals surface area contributed by atoms with Crippen LogP contribution in [0.25, 0.3) is 33.8 Å². The molecule has 0 saturated heterocycles. The SMILES string of the molecule is CNC(=O)C1Cc2ccc(-c3nc(-c4cc5n(n4)C(C)CNC5C)c(-c4c(F)cc(F)cc4OCCOC)c4c3CCC4)cc2CN1C. The average molecular weight is 657 g/mol. The minimum atomic E-state index is -0.713. The third-order valence-electron chi connectivity index (χ3n) is 10.1. The molecule has 2 aromatic carbocycles. The van der Waals surface area contributed by atoms with E-state index >= 15 is 4.39 Å². The Kier molecular flexibility index (Phi) is 8.78. The van der Waals surface area contributed by atoms with Gasteiger partial charge in [-0.15, -0.1) is 0 Å². The maximum atomic E-state index is 16.1. The molecule has 3 aliphatic rings. The fourth-order valence-electron chi connectivity index (χ4n) is 7.56. The predicted octanol–water partition coefficient (Wildman–Crippen LogP) is 5.40. The molecule has 7 rings (SSSR count). The first-order valence-corrected chi connectivity index (χ1v) is 16.7. The standard InChI is InChI=1S/C37H42F2N6O3/c1-20-18-41-21(2)30-17-29(43-45(20)30)36-33(34-28(39)15-25(38)16-32(34)48-12-11-47-5)26-7-6-8-27(26)35(42-36)23-10-9-22-14-31(37(46)40-3)44(4)19-24(22)13-23/h9-10,13,15-17,20-21,31,41H,6-8,11-12,14,18-19H2,1-5H3,(H,40,46). The van der Waals surface area contributed by atoms with Gasteiger partial charge in [-0.3, -0.25) is 14.4 Å². The van der Waals surface area contributed by atoms with Crippen LogP contribution in [-0.4, -0.2) is 72.6 Å². The summed E-state index contributed by atoms with van der Waals surface area (Å²) in [5.41, 5.74) is 9.14. The van der Waals surface area contributed by atoms with Crippen molar-refractivity contribution < 1.29 is 23.0 Å². The lowest BCUT2D eigenvalue weighted by atomic mass is 9.88. The van der Waals surface area contributed by atoms with Crippen molar-refractivity contribution in [2.45, 2.75) is 64.2 Å². The number of methoxy groups -OCH3 is 1. The van der Waals surface area contributed by atoms with Gasteiger partial charge in [0, 0.05) is 56.5 Å². The first-order chi connectivity index (χ1) is 23.2. The van der Waals surface area contributed by atoms with E-state index in [2.05, 4.69) is 47.6 Å². The highest BCUT2D eigenvalue weighted by Crippen LogP contribution is 2.47. The van der Waals surface area contributed by atoms with E-state index in [1.165, 1.54) is 6.07 Å². The van der Waals surface area contributed by atoms with Crippen LogP contribution in [0.3, 0.4) is 0 Å². The zero-order valence-electron chi connectivity index (χ0n) is 28.1. The summed E-state index contributed by atoms with van der Waals surface area (Å²) >= 11 is 0. The summed E-state index contributed by atoms with van der Waals surface area (Å²) in [6.07, 6.45) is 3.00. The second kappa shape index (κ2) is 13.0. The molecule has 0 radical (unpaired) electrons. The van der Waals surface area contributed by atoms with Gasteiger partial charge in [-0.1, -0.05) is 12.1 Å². The molecule has 2 N–H and O–H groups in total. The van der Waals surface area contributed by atoms with Gasteiger partial charge in [0.2, 0.25) is 5.91 Å². The number of nitrogens with zero attached hydrogens (tertiary/aromatic N) is 4. The van der Waals surface area contributed by atoms with Gasteiger partial charge in [-0.2, -0.15) is 5.10 Å². The van der Waals surface area contributed by atoms with Gasteiger partial charge < -0.3 is 20.1 Å². The summed E-state index contributed by atoms with van der Waals surface area (Å²) in [6.45, 7) is 6.04. The Morgan fingerprint density at radius 3 is 2.62 bits per heavy atom. The van der Waals surface area contributed by atoms with Crippen LogP contribution in [0.5, 0.6) is 5.75 Å². The third-order valence-corrected chi connectivity index (χ3v) is 10.1. The number of pyridine rings is 1. The molecule has 252 valence electrons. The van der Waals surface area contributed by atoms with Crippen LogP contribution in [0.2, 0.25) is 0 Å². The van der Waals surface area contributed by atoms with Crippen molar-refractivity contribution in [1.82, 2.24) is 30.3 Å². The average Bonchev–Trinajstić information content (AvgIpc) is 3.74. The van der Waals surface area contributed by atoms with Gasteiger partial charge in [0.15, 0.2) is 0 Å². The van der Waals surface area contributed by atoms with Crippen molar-refractivity contribution in [3.8, 4) is 39.5 Å². The highest BCUT2D eigenvalue weighted by atomic mass is 19.1. The van der Waals surface area contributed by atoms with Crippen molar-refractivity contribution in [1.29, 1.82) is 0 Å². The quantitative estimate of drug-likeness (QED) is 0.246. The first-order valence-electron chi connectivity index (χ1n) is 16.7. The van der Waals surface area contributed by atoms with Crippen LogP contribution in [0.15, 0.2) is 36.4 Å². The number of fused-ring (bicyclic) bond motifs is 3. The lowest BCUT2D eigenvalue weighted by Gasteiger charge is -2.33. The molecule has 3 atom stereocenters. The summed E-state index contributed by atoms with van der Waals surface area (Å²) in [4.78, 5) is 20.0. The number of ether oxygens (including phenoxy) is 2. The van der Waals surface area contributed by atoms with Crippen LogP contribution < -0.4 is 15.4 Å². The van der Waals surface area contributed by atoms with E-state index in [4.69, 9.17) is 19.6 Å². The lowest BCUT2D eigenvalue weighted by molar-refractivity contribution is -0.125. The smallest absolute Gasteiger partial charge is 0.237 e. The van der Waals surface area contributed by atoms with Crippen molar-refractivity contribution in [3.63, 3.8) is 0 Å². The Morgan fingerprint density at radius 2 is 1.85 bits per heavy atom. The summed E-state index contributed by atoms with van der Waals surface area (Å²) in [5, 5.41) is 11.4. The van der Waals surface area contributed by atoms with E-state index < -0.39 is 11.6 Å². The molecule has 1 aliphatic carbocycles. The highest BCUT2D eigenvalue weighted by Gasteiger charge is 2.33. The molecule has 3 unspecified atom stereocenters. The van der Waals surface area contributed by atoms with E-state index in [1.54, 1.807) is 14.2 Å². The molecule has 4 heterocycles. The number of hydrogen-bond acceptors (Lipinski definition) is 7. The third kappa shape index (κ3) is 5.67. The number of benzene rings is 2. The number of halogens is 2. The maximum absolute atomic E-state index is 16.1. The summed E-state index contributed by atoms with van der Waals surface area (Å²) < 4.78 is 44.0. The van der Waals surface area contributed by atoms with Crippen molar-refractivity contribution in [3.05, 3.63) is 76.0 Å². The Labute approximate surface area is 279 Å². The number of nitrogens with one attached hydrogen (secondary N) is 2. The Morgan fingerprint density at radius 1 is 1.04 bits per heavy atom. The number of hydrogen-bond donors (Lipinski definition) is 2. The number of amides is 1. The summed E-state index contributed by atoms with van der Waals surface area (Å²) in [5.74, 6) is -1.30. The van der Waals surface area contributed by atoms with Gasteiger partial charge in [-0.05, 0) is 81.0 Å². The van der Waals surface area contributed by atoms with Crippen LogP contribution in [0, 0.1) is 11.6 Å². The fraction of sp³-hybridized carbons (Fsp3) is 0.432. The Bertz CT molecular complexity index is 1860. The Hall–Kier alpha value is -4.19. The van der Waals surface area contributed by atoms with E-state index in [-0.39, 0.29) is 48.6 Å². The molecular formula is C37H42F2N6O3. The second-order valence-corrected chi connectivity index (χ2v) is 13.2. The van der Waals surface area contributed by atoms with Gasteiger partial charge in [0.25, 0.3) is 0 Å². The van der Waals surface area contributed by atoms with Gasteiger partial charge in [-0.25, -0.2) is 13.8 Å². The first kappa shape index (κ1) is 32.4. The number of aromatic nitrogens is 3. The van der Waals surface area contributed by atoms with Crippen LogP contribution >= 0.6 is 0 Å². The lowest BCUT2D eigenvalue weighted by Crippen LogP contribution is -2.47. The molecule has 4 aromatic rings. The minimum absolute atomic E-state index is 0.00661. The van der Waals surface area contributed by atoms with Crippen LogP contribution in [0.4, 0.5) is 8.78 Å². The molecule has 0 fully saturated rings. The van der Waals surface area contributed by atoms with Gasteiger partial charge in [0.1, 0.15) is 29.7 Å². The number of rotatable bonds is 8. The molecule has 0 spiro atoms. The molecule has 9 nitrogen and oxygen atoms in total. The number of carbonyl (C=O) groups excluding carboxylic acids is 1. The molecule has 1 amide bonds. The largest absolute Gasteiger partial charge is 0.490 e. The van der Waals surface area contributed by atoms with Crippen molar-refractivity contribution in [2.75, 3.05) is 41.0 Å². The predicted molar refractivity (Wildman–Crippen MR) is 180 cm³/mol. The number of carbonyl (C=O) groups is 1. The van der Waals surface area contributed by atoms with Crippen LogP contribution in [-0.2, 0) is 35.3 Å². The summed E-state index contributed by atoms with van der Waals surface area (Å²) in [7, 11) is 5.20. The zero-order valence-corrected chi connectivity index (χ0v) is 28.1. The van der Waals surface area contributed by atoms with Crippen molar-refractivity contribution in [2.24, 2.45) is 0 Å². The Balaban J connectivity index is 1.44. The van der Waals surface area contributed by atoms with Gasteiger partial charge >= 0.3 is 0 Å². The fourth-order valence-corrected chi connectivity index (χ4v) is 7.56. The molecule has 11 heteroatoms. The molecule has 0 saturated carbocycles. The van der Waals surface area contributed by atoms with Gasteiger partial charge in [0.05, 0.1) is 41.3 Å².